The summed E-state index contributed by atoms with van der Waals surface area (Å²) in [5, 5.41) is 20.3. The molecular formula is C16H18N4O4. The largest absolute Gasteiger partial charge is 0.465 e. The average Bonchev–Trinajstić information content (AvgIpc) is 2.89. The monoisotopic (exact) mass is 330 g/mol. The van der Waals surface area contributed by atoms with Gasteiger partial charge in [0, 0.05) is 5.39 Å². The lowest BCUT2D eigenvalue weighted by atomic mass is 10.1. The summed E-state index contributed by atoms with van der Waals surface area (Å²) in [5.74, 6) is -0.101. The molecule has 8 nitrogen and oxygen atoms in total. The van der Waals surface area contributed by atoms with Crippen molar-refractivity contribution in [2.75, 3.05) is 18.9 Å². The fourth-order valence-corrected chi connectivity index (χ4v) is 2.76. The molecule has 24 heavy (non-hydrogen) atoms. The molecule has 1 atom stereocenters. The first-order valence-corrected chi connectivity index (χ1v) is 7.53. The van der Waals surface area contributed by atoms with Crippen molar-refractivity contribution in [3.8, 4) is 0 Å². The number of ether oxygens (including phenoxy) is 1. The number of hydrogen-bond acceptors (Lipinski definition) is 7. The molecule has 0 spiro atoms. The number of carbonyl (C=O) groups excluding carboxylic acids is 1. The van der Waals surface area contributed by atoms with Gasteiger partial charge in [0.25, 0.3) is 0 Å². The van der Waals surface area contributed by atoms with Crippen molar-refractivity contribution in [1.29, 1.82) is 0 Å². The van der Waals surface area contributed by atoms with Crippen molar-refractivity contribution >= 4 is 33.7 Å². The second kappa shape index (κ2) is 6.42. The Bertz CT molecular complexity index is 906. The van der Waals surface area contributed by atoms with Crippen molar-refractivity contribution in [3.05, 3.63) is 30.1 Å². The Morgan fingerprint density at radius 3 is 2.92 bits per heavy atom. The lowest BCUT2D eigenvalue weighted by molar-refractivity contribution is -0.143. The van der Waals surface area contributed by atoms with Crippen molar-refractivity contribution in [3.63, 3.8) is 0 Å². The minimum Gasteiger partial charge on any atom is -0.465 e. The zero-order chi connectivity index (χ0) is 17.3. The summed E-state index contributed by atoms with van der Waals surface area (Å²) in [6.07, 6.45) is 0.338. The molecule has 2 heterocycles. The maximum absolute atomic E-state index is 11.9. The Balaban J connectivity index is 2.26. The summed E-state index contributed by atoms with van der Waals surface area (Å²) in [5.41, 5.74) is 7.77. The SMILES string of the molecule is CCOC(=O)Cn1c2ccc(C(O)CO)cc2c2c(N)ncnc21. The van der Waals surface area contributed by atoms with E-state index in [1.54, 1.807) is 29.7 Å². The summed E-state index contributed by atoms with van der Waals surface area (Å²) in [4.78, 5) is 20.2. The standard InChI is InChI=1S/C16H18N4O4/c1-2-24-13(23)6-20-11-4-3-9(12(22)7-21)5-10(11)14-15(17)18-8-19-16(14)20/h3-5,8,12,21-22H,2,6-7H2,1H3,(H2,17,18,19). The first-order chi connectivity index (χ1) is 11.6. The number of nitrogen functional groups attached to an aromatic ring is 1. The number of carbonyl (C=O) groups is 1. The number of anilines is 1. The molecule has 0 aliphatic carbocycles. The van der Waals surface area contributed by atoms with Crippen LogP contribution in [0.2, 0.25) is 0 Å². The van der Waals surface area contributed by atoms with E-state index in [-0.39, 0.29) is 24.9 Å². The smallest absolute Gasteiger partial charge is 0.326 e. The van der Waals surface area contributed by atoms with Gasteiger partial charge in [-0.3, -0.25) is 4.79 Å². The van der Waals surface area contributed by atoms with E-state index in [0.29, 0.717) is 28.6 Å². The second-order valence-electron chi connectivity index (χ2n) is 5.32. The summed E-state index contributed by atoms with van der Waals surface area (Å²) < 4.78 is 6.72. The highest BCUT2D eigenvalue weighted by Crippen LogP contribution is 2.32. The average molecular weight is 330 g/mol. The number of aliphatic hydroxyl groups is 2. The van der Waals surface area contributed by atoms with Crippen LogP contribution in [0.3, 0.4) is 0 Å². The van der Waals surface area contributed by atoms with Crippen LogP contribution in [0.4, 0.5) is 5.82 Å². The highest BCUT2D eigenvalue weighted by Gasteiger charge is 2.18. The molecule has 0 saturated heterocycles. The van der Waals surface area contributed by atoms with Gasteiger partial charge in [-0.05, 0) is 24.6 Å². The molecular weight excluding hydrogens is 312 g/mol. The normalized spacial score (nSPS) is 12.6. The van der Waals surface area contributed by atoms with E-state index in [9.17, 15) is 9.90 Å². The Hall–Kier alpha value is -2.71. The molecule has 2 aromatic heterocycles. The van der Waals surface area contributed by atoms with Crippen LogP contribution >= 0.6 is 0 Å². The fraction of sp³-hybridized carbons (Fsp3) is 0.312. The second-order valence-corrected chi connectivity index (χ2v) is 5.32. The molecule has 1 aromatic carbocycles. The van der Waals surface area contributed by atoms with E-state index in [4.69, 9.17) is 15.6 Å². The van der Waals surface area contributed by atoms with Crippen LogP contribution in [0.25, 0.3) is 21.9 Å². The minimum atomic E-state index is -0.997. The molecule has 0 fully saturated rings. The number of rotatable bonds is 5. The predicted molar refractivity (Wildman–Crippen MR) is 88.1 cm³/mol. The number of aromatic nitrogens is 3. The zero-order valence-corrected chi connectivity index (χ0v) is 13.1. The summed E-state index contributed by atoms with van der Waals surface area (Å²) >= 11 is 0. The Morgan fingerprint density at radius 2 is 2.21 bits per heavy atom. The summed E-state index contributed by atoms with van der Waals surface area (Å²) in [7, 11) is 0. The van der Waals surface area contributed by atoms with Gasteiger partial charge in [-0.1, -0.05) is 6.07 Å². The van der Waals surface area contributed by atoms with E-state index in [1.165, 1.54) is 6.33 Å². The fourth-order valence-electron chi connectivity index (χ4n) is 2.76. The molecule has 4 N–H and O–H groups in total. The minimum absolute atomic E-state index is 0.00774. The number of esters is 1. The maximum Gasteiger partial charge on any atom is 0.326 e. The van der Waals surface area contributed by atoms with Crippen LogP contribution in [0.1, 0.15) is 18.6 Å². The van der Waals surface area contributed by atoms with E-state index in [1.807, 2.05) is 0 Å². The van der Waals surface area contributed by atoms with Gasteiger partial charge in [-0.15, -0.1) is 0 Å². The van der Waals surface area contributed by atoms with Crippen molar-refractivity contribution in [2.45, 2.75) is 19.6 Å². The first-order valence-electron chi connectivity index (χ1n) is 7.53. The molecule has 0 aliphatic rings. The molecule has 0 saturated carbocycles. The first kappa shape index (κ1) is 16.2. The number of hydrogen-bond donors (Lipinski definition) is 3. The van der Waals surface area contributed by atoms with E-state index >= 15 is 0 Å². The molecule has 0 bridgehead atoms. The van der Waals surface area contributed by atoms with Crippen molar-refractivity contribution in [1.82, 2.24) is 14.5 Å². The Kier molecular flexibility index (Phi) is 4.32. The Labute approximate surface area is 137 Å². The van der Waals surface area contributed by atoms with Crippen molar-refractivity contribution in [2.24, 2.45) is 0 Å². The third-order valence-corrected chi connectivity index (χ3v) is 3.84. The lowest BCUT2D eigenvalue weighted by Crippen LogP contribution is -2.13. The van der Waals surface area contributed by atoms with Gasteiger partial charge in [0.15, 0.2) is 0 Å². The van der Waals surface area contributed by atoms with Gasteiger partial charge in [0.1, 0.15) is 30.4 Å². The molecule has 126 valence electrons. The highest BCUT2D eigenvalue weighted by atomic mass is 16.5. The van der Waals surface area contributed by atoms with E-state index in [2.05, 4.69) is 9.97 Å². The van der Waals surface area contributed by atoms with Gasteiger partial charge in [0.05, 0.1) is 24.1 Å². The highest BCUT2D eigenvalue weighted by molar-refractivity contribution is 6.11. The molecule has 3 rings (SSSR count). The van der Waals surface area contributed by atoms with E-state index < -0.39 is 6.10 Å². The van der Waals surface area contributed by atoms with Gasteiger partial charge in [-0.2, -0.15) is 0 Å². The number of nitrogens with zero attached hydrogens (tertiary/aromatic N) is 3. The zero-order valence-electron chi connectivity index (χ0n) is 13.1. The molecule has 8 heteroatoms. The molecule has 0 radical (unpaired) electrons. The third-order valence-electron chi connectivity index (χ3n) is 3.84. The topological polar surface area (TPSA) is 123 Å². The van der Waals surface area contributed by atoms with Gasteiger partial charge >= 0.3 is 5.97 Å². The van der Waals surface area contributed by atoms with Crippen LogP contribution in [0.15, 0.2) is 24.5 Å². The van der Waals surface area contributed by atoms with Gasteiger partial charge in [0.2, 0.25) is 0 Å². The Morgan fingerprint density at radius 1 is 1.42 bits per heavy atom. The number of fused-ring (bicyclic) bond motifs is 3. The predicted octanol–water partition coefficient (Wildman–Crippen LogP) is 0.756. The van der Waals surface area contributed by atoms with Gasteiger partial charge < -0.3 is 25.3 Å². The summed E-state index contributed by atoms with van der Waals surface area (Å²) in [6.45, 7) is 1.64. The number of aliphatic hydroxyl groups excluding tert-OH is 2. The van der Waals surface area contributed by atoms with Crippen LogP contribution in [0, 0.1) is 0 Å². The number of benzene rings is 1. The van der Waals surface area contributed by atoms with Crippen LogP contribution in [-0.4, -0.2) is 43.9 Å². The van der Waals surface area contributed by atoms with Crippen LogP contribution in [0.5, 0.6) is 0 Å². The number of nitrogens with two attached hydrogens (primary N) is 1. The summed E-state index contributed by atoms with van der Waals surface area (Å²) in [6, 6.07) is 5.16. The third kappa shape index (κ3) is 2.66. The van der Waals surface area contributed by atoms with Crippen LogP contribution < -0.4 is 5.73 Å². The maximum atomic E-state index is 11.9. The molecule has 1 unspecified atom stereocenters. The quantitative estimate of drug-likeness (QED) is 0.590. The molecule has 0 aliphatic heterocycles. The molecule has 3 aromatic rings. The lowest BCUT2D eigenvalue weighted by Gasteiger charge is -2.09. The van der Waals surface area contributed by atoms with E-state index in [0.717, 1.165) is 5.52 Å². The van der Waals surface area contributed by atoms with Gasteiger partial charge in [-0.25, -0.2) is 9.97 Å². The van der Waals surface area contributed by atoms with Crippen molar-refractivity contribution < 1.29 is 19.7 Å². The molecule has 0 amide bonds. The van der Waals surface area contributed by atoms with Crippen LogP contribution in [-0.2, 0) is 16.1 Å².